The summed E-state index contributed by atoms with van der Waals surface area (Å²) in [4.78, 5) is 12.6. The first-order valence-corrected chi connectivity index (χ1v) is 23.1. The van der Waals surface area contributed by atoms with E-state index < -0.39 is 0 Å². The molecule has 9 aromatic carbocycles. The van der Waals surface area contributed by atoms with E-state index in [0.29, 0.717) is 33.8 Å². The molecule has 8 heteroatoms. The van der Waals surface area contributed by atoms with Crippen LogP contribution in [0, 0.1) is 47.1 Å². The van der Waals surface area contributed by atoms with E-state index in [4.69, 9.17) is 18.1 Å². The zero-order chi connectivity index (χ0) is 48.9. The molecule has 0 N–H and O–H groups in total. The quantitative estimate of drug-likeness (QED) is 0.149. The summed E-state index contributed by atoms with van der Waals surface area (Å²) >= 11 is 0. The lowest BCUT2D eigenvalue weighted by molar-refractivity contribution is 1.13. The predicted molar refractivity (Wildman–Crippen MR) is 287 cm³/mol. The fraction of sp³-hybridized carbons (Fsp3) is 0. The molecule has 0 fully saturated rings. The molecule has 0 radical (unpaired) electrons. The lowest BCUT2D eigenvalue weighted by atomic mass is 9.96. The minimum Gasteiger partial charge on any atom is -0.309 e. The van der Waals surface area contributed by atoms with Gasteiger partial charge in [0, 0.05) is 49.4 Å². The Morgan fingerprint density at radius 3 is 1.29 bits per heavy atom. The van der Waals surface area contributed by atoms with Gasteiger partial charge in [0.1, 0.15) is 6.07 Å². The molecule has 12 rings (SSSR count). The Hall–Kier alpha value is -10.8. The van der Waals surface area contributed by atoms with Crippen molar-refractivity contribution in [1.82, 2.24) is 14.1 Å². The summed E-state index contributed by atoms with van der Waals surface area (Å²) < 4.78 is 4.40. The number of nitriles is 3. The van der Waals surface area contributed by atoms with Crippen molar-refractivity contribution >= 4 is 55.0 Å². The van der Waals surface area contributed by atoms with Crippen LogP contribution in [0.3, 0.4) is 0 Å². The van der Waals surface area contributed by atoms with Gasteiger partial charge in [-0.05, 0) is 125 Å². The largest absolute Gasteiger partial charge is 0.309 e. The number of rotatable bonds is 7. The Bertz CT molecular complexity index is 4330. The van der Waals surface area contributed by atoms with Gasteiger partial charge in [0.05, 0.1) is 75.7 Å². The van der Waals surface area contributed by atoms with Crippen LogP contribution < -0.4 is 0 Å². The van der Waals surface area contributed by atoms with Crippen LogP contribution in [0.15, 0.2) is 206 Å². The number of pyridine rings is 1. The van der Waals surface area contributed by atoms with Crippen molar-refractivity contribution in [3.63, 3.8) is 0 Å². The molecule has 0 atom stereocenters. The van der Waals surface area contributed by atoms with Crippen molar-refractivity contribution in [1.29, 1.82) is 15.8 Å². The predicted octanol–water partition coefficient (Wildman–Crippen LogP) is 16.3. The summed E-state index contributed by atoms with van der Waals surface area (Å²) in [7, 11) is 0. The number of hydrogen-bond donors (Lipinski definition) is 0. The highest BCUT2D eigenvalue weighted by Crippen LogP contribution is 2.44. The zero-order valence-corrected chi connectivity index (χ0v) is 38.2. The average molecular weight is 915 g/mol. The number of hydrogen-bond acceptors (Lipinski definition) is 4. The van der Waals surface area contributed by atoms with Crippen LogP contribution in [0.5, 0.6) is 0 Å². The van der Waals surface area contributed by atoms with Crippen molar-refractivity contribution < 1.29 is 0 Å². The topological polar surface area (TPSA) is 103 Å². The molecular formula is C64H34N8. The van der Waals surface area contributed by atoms with Crippen LogP contribution in [0.1, 0.15) is 16.7 Å². The molecule has 0 saturated heterocycles. The normalized spacial score (nSPS) is 11.0. The third-order valence-corrected chi connectivity index (χ3v) is 13.4. The number of fused-ring (bicyclic) bond motifs is 6. The van der Waals surface area contributed by atoms with E-state index in [9.17, 15) is 15.8 Å². The highest BCUT2D eigenvalue weighted by atomic mass is 15.0. The van der Waals surface area contributed by atoms with Crippen LogP contribution >= 0.6 is 0 Å². The lowest BCUT2D eigenvalue weighted by Crippen LogP contribution is -2.04. The standard InChI is InChI=1S/C64H34N8/c1-68-50-27-40(37-65)25-46(29-50)44-21-23-61-55(31-44)52-17-9-11-19-59(52)71(61)63-36-54(48-33-57(42-13-5-3-6-14-42)70-58(34-48)43-15-7-4-8-16-43)64(35-49(63)39-67)72-60-20-12-10-18-53(60)56-32-45(22-24-62(56)72)47-26-41(38-66)28-51(30-47)69-2/h3-36H. The molecule has 0 spiro atoms. The molecule has 0 bridgehead atoms. The summed E-state index contributed by atoms with van der Waals surface area (Å²) in [6.45, 7) is 15.4. The van der Waals surface area contributed by atoms with Crippen LogP contribution in [-0.2, 0) is 0 Å². The number of benzene rings is 9. The highest BCUT2D eigenvalue weighted by Gasteiger charge is 2.24. The Morgan fingerprint density at radius 2 is 0.819 bits per heavy atom. The first-order chi connectivity index (χ1) is 35.4. The van der Waals surface area contributed by atoms with Crippen molar-refractivity contribution in [2.75, 3.05) is 0 Å². The van der Waals surface area contributed by atoms with Gasteiger partial charge in [0.2, 0.25) is 0 Å². The summed E-state index contributed by atoms with van der Waals surface area (Å²) in [5.41, 5.74) is 15.7. The number of para-hydroxylation sites is 2. The van der Waals surface area contributed by atoms with Crippen LogP contribution in [-0.4, -0.2) is 14.1 Å². The third-order valence-electron chi connectivity index (χ3n) is 13.4. The van der Waals surface area contributed by atoms with E-state index in [0.717, 1.165) is 105 Å². The van der Waals surface area contributed by atoms with Gasteiger partial charge in [0.25, 0.3) is 0 Å². The Balaban J connectivity index is 1.17. The van der Waals surface area contributed by atoms with E-state index in [1.165, 1.54) is 0 Å². The maximum absolute atomic E-state index is 11.4. The molecule has 0 amide bonds. The van der Waals surface area contributed by atoms with Crippen molar-refractivity contribution in [3.8, 4) is 85.5 Å². The van der Waals surface area contributed by atoms with Gasteiger partial charge in [-0.1, -0.05) is 109 Å². The molecule has 0 unspecified atom stereocenters. The molecule has 330 valence electrons. The van der Waals surface area contributed by atoms with Gasteiger partial charge in [-0.15, -0.1) is 0 Å². The fourth-order valence-corrected chi connectivity index (χ4v) is 10.1. The second kappa shape index (κ2) is 17.4. The second-order valence-electron chi connectivity index (χ2n) is 17.5. The molecule has 8 nitrogen and oxygen atoms in total. The van der Waals surface area contributed by atoms with Crippen molar-refractivity contribution in [2.24, 2.45) is 0 Å². The molecule has 0 aliphatic carbocycles. The Kier molecular flexibility index (Phi) is 10.3. The SMILES string of the molecule is [C-]#[N+]c1cc(C#N)cc(-c2ccc3c(c2)c2ccccc2n3-c2cc(-c3cc(-c4ccccc4)nc(-c4ccccc4)c3)c(-n3c4ccccc4c4cc(-c5cc(C#N)cc([N+]#[C-])c5)ccc43)cc2C#N)c1. The molecular weight excluding hydrogens is 881 g/mol. The van der Waals surface area contributed by atoms with Gasteiger partial charge in [-0.2, -0.15) is 15.8 Å². The minimum absolute atomic E-state index is 0.393. The summed E-state index contributed by atoms with van der Waals surface area (Å²) in [5, 5.41) is 35.0. The van der Waals surface area contributed by atoms with Crippen molar-refractivity contribution in [3.05, 3.63) is 246 Å². The smallest absolute Gasteiger partial charge is 0.189 e. The van der Waals surface area contributed by atoms with E-state index in [1.807, 2.05) is 103 Å². The Morgan fingerprint density at radius 1 is 0.361 bits per heavy atom. The highest BCUT2D eigenvalue weighted by molar-refractivity contribution is 6.13. The lowest BCUT2D eigenvalue weighted by Gasteiger charge is -2.20. The number of aromatic nitrogens is 3. The van der Waals surface area contributed by atoms with Gasteiger partial charge < -0.3 is 9.13 Å². The average Bonchev–Trinajstić information content (AvgIpc) is 3.96. The van der Waals surface area contributed by atoms with Crippen LogP contribution in [0.4, 0.5) is 11.4 Å². The summed E-state index contributed by atoms with van der Waals surface area (Å²) in [6, 6.07) is 75.0. The monoisotopic (exact) mass is 914 g/mol. The van der Waals surface area contributed by atoms with E-state index in [1.54, 1.807) is 12.1 Å². The maximum Gasteiger partial charge on any atom is 0.189 e. The van der Waals surface area contributed by atoms with Crippen LogP contribution in [0.25, 0.3) is 121 Å². The van der Waals surface area contributed by atoms with Crippen molar-refractivity contribution in [2.45, 2.75) is 0 Å². The molecule has 12 aromatic rings. The maximum atomic E-state index is 11.4. The van der Waals surface area contributed by atoms with Crippen LogP contribution in [0.2, 0.25) is 0 Å². The molecule has 72 heavy (non-hydrogen) atoms. The fourth-order valence-electron chi connectivity index (χ4n) is 10.1. The van der Waals surface area contributed by atoms with E-state index >= 15 is 0 Å². The summed E-state index contributed by atoms with van der Waals surface area (Å²) in [6.07, 6.45) is 0. The molecule has 0 saturated carbocycles. The summed E-state index contributed by atoms with van der Waals surface area (Å²) in [5.74, 6) is 0. The molecule has 3 aromatic heterocycles. The molecule has 0 aliphatic rings. The van der Waals surface area contributed by atoms with E-state index in [-0.39, 0.29) is 0 Å². The number of nitrogens with zero attached hydrogens (tertiary/aromatic N) is 8. The second-order valence-corrected chi connectivity index (χ2v) is 17.5. The third kappa shape index (κ3) is 7.17. The van der Waals surface area contributed by atoms with Gasteiger partial charge >= 0.3 is 0 Å². The van der Waals surface area contributed by atoms with Gasteiger partial charge in [-0.3, -0.25) is 0 Å². The van der Waals surface area contributed by atoms with Gasteiger partial charge in [-0.25, -0.2) is 14.7 Å². The molecule has 0 aliphatic heterocycles. The minimum atomic E-state index is 0.393. The first kappa shape index (κ1) is 42.5. The zero-order valence-electron chi connectivity index (χ0n) is 38.2. The van der Waals surface area contributed by atoms with E-state index in [2.05, 4.69) is 128 Å². The Labute approximate surface area is 414 Å². The first-order valence-electron chi connectivity index (χ1n) is 23.1. The molecule has 3 heterocycles. The van der Waals surface area contributed by atoms with Gasteiger partial charge in [0.15, 0.2) is 11.4 Å².